The molecule has 0 heterocycles. The molecule has 0 aliphatic carbocycles. The smallest absolute Gasteiger partial charge is 0.228 e. The van der Waals surface area contributed by atoms with Crippen LogP contribution < -0.4 is 11.1 Å². The molecule has 0 fully saturated rings. The van der Waals surface area contributed by atoms with Gasteiger partial charge in [-0.2, -0.15) is 0 Å². The summed E-state index contributed by atoms with van der Waals surface area (Å²) < 4.78 is 0. The van der Waals surface area contributed by atoms with Crippen molar-refractivity contribution >= 4 is 11.6 Å². The molecule has 3 heteroatoms. The molecule has 0 bridgehead atoms. The highest BCUT2D eigenvalue weighted by atomic mass is 16.1. The van der Waals surface area contributed by atoms with Crippen LogP contribution in [0, 0.1) is 25.2 Å². The number of nitrogens with two attached hydrogens (primary N) is 1. The van der Waals surface area contributed by atoms with Gasteiger partial charge >= 0.3 is 0 Å². The summed E-state index contributed by atoms with van der Waals surface area (Å²) in [6.45, 7) is 10.8. The second kappa shape index (κ2) is 6.20. The Labute approximate surface area is 116 Å². The van der Waals surface area contributed by atoms with Crippen LogP contribution in [0.15, 0.2) is 18.2 Å². The van der Waals surface area contributed by atoms with Gasteiger partial charge in [0.15, 0.2) is 0 Å². The van der Waals surface area contributed by atoms with Crippen LogP contribution in [0.5, 0.6) is 0 Å². The van der Waals surface area contributed by atoms with E-state index in [1.807, 2.05) is 32.0 Å². The molecule has 1 atom stereocenters. The van der Waals surface area contributed by atoms with Gasteiger partial charge in [0.1, 0.15) is 0 Å². The Morgan fingerprint density at radius 2 is 1.95 bits per heavy atom. The zero-order valence-corrected chi connectivity index (χ0v) is 12.7. The van der Waals surface area contributed by atoms with E-state index in [0.717, 1.165) is 17.7 Å². The van der Waals surface area contributed by atoms with Gasteiger partial charge in [-0.05, 0) is 42.9 Å². The summed E-state index contributed by atoms with van der Waals surface area (Å²) in [5.41, 5.74) is 9.02. The van der Waals surface area contributed by atoms with E-state index in [-0.39, 0.29) is 17.2 Å². The third kappa shape index (κ3) is 4.67. The van der Waals surface area contributed by atoms with Gasteiger partial charge < -0.3 is 11.1 Å². The molecule has 1 unspecified atom stereocenters. The lowest BCUT2D eigenvalue weighted by molar-refractivity contribution is -0.120. The number of nitrogens with one attached hydrogen (secondary N) is 1. The SMILES string of the molecule is Cc1cccc(NC(=O)C(CN)CC(C)(C)C)c1C. The maximum Gasteiger partial charge on any atom is 0.228 e. The van der Waals surface area contributed by atoms with Crippen LogP contribution in [0.1, 0.15) is 38.3 Å². The average molecular weight is 262 g/mol. The molecule has 1 aromatic carbocycles. The number of aryl methyl sites for hydroxylation is 1. The fourth-order valence-corrected chi connectivity index (χ4v) is 2.14. The minimum Gasteiger partial charge on any atom is -0.330 e. The summed E-state index contributed by atoms with van der Waals surface area (Å²) in [5.74, 6) is -0.119. The van der Waals surface area contributed by atoms with Crippen LogP contribution in [-0.2, 0) is 4.79 Å². The highest BCUT2D eigenvalue weighted by Gasteiger charge is 2.24. The van der Waals surface area contributed by atoms with Crippen molar-refractivity contribution in [3.63, 3.8) is 0 Å². The standard InChI is InChI=1S/C16H26N2O/c1-11-7-6-8-14(12(11)2)18-15(19)13(10-17)9-16(3,4)5/h6-8,13H,9-10,17H2,1-5H3,(H,18,19). The molecule has 0 aliphatic heterocycles. The van der Waals surface area contributed by atoms with Gasteiger partial charge in [-0.15, -0.1) is 0 Å². The molecule has 1 rings (SSSR count). The van der Waals surface area contributed by atoms with Crippen molar-refractivity contribution in [2.75, 3.05) is 11.9 Å². The summed E-state index contributed by atoms with van der Waals surface area (Å²) >= 11 is 0. The molecule has 0 spiro atoms. The molecule has 1 aromatic rings. The van der Waals surface area contributed by atoms with Crippen molar-refractivity contribution < 1.29 is 4.79 Å². The third-order valence-corrected chi connectivity index (χ3v) is 3.38. The number of benzene rings is 1. The number of hydrogen-bond acceptors (Lipinski definition) is 2. The summed E-state index contributed by atoms with van der Waals surface area (Å²) in [7, 11) is 0. The molecule has 0 aromatic heterocycles. The first-order chi connectivity index (χ1) is 8.74. The average Bonchev–Trinajstić information content (AvgIpc) is 2.30. The fraction of sp³-hybridized carbons (Fsp3) is 0.562. The fourth-order valence-electron chi connectivity index (χ4n) is 2.14. The first-order valence-electron chi connectivity index (χ1n) is 6.82. The Morgan fingerprint density at radius 3 is 2.47 bits per heavy atom. The zero-order chi connectivity index (χ0) is 14.6. The van der Waals surface area contributed by atoms with Gasteiger partial charge in [-0.25, -0.2) is 0 Å². The van der Waals surface area contributed by atoms with Crippen molar-refractivity contribution in [2.45, 2.75) is 41.0 Å². The number of carbonyl (C=O) groups is 1. The monoisotopic (exact) mass is 262 g/mol. The first kappa shape index (κ1) is 15.7. The second-order valence-electron chi connectivity index (χ2n) is 6.43. The van der Waals surface area contributed by atoms with E-state index < -0.39 is 0 Å². The van der Waals surface area contributed by atoms with E-state index in [2.05, 4.69) is 26.1 Å². The molecule has 0 aliphatic rings. The summed E-state index contributed by atoms with van der Waals surface area (Å²) in [4.78, 5) is 12.3. The number of carbonyl (C=O) groups excluding carboxylic acids is 1. The molecule has 3 N–H and O–H groups in total. The molecule has 0 saturated heterocycles. The number of rotatable bonds is 4. The third-order valence-electron chi connectivity index (χ3n) is 3.38. The van der Waals surface area contributed by atoms with Crippen LogP contribution >= 0.6 is 0 Å². The van der Waals surface area contributed by atoms with E-state index in [4.69, 9.17) is 5.73 Å². The topological polar surface area (TPSA) is 55.1 Å². The van der Waals surface area contributed by atoms with Crippen molar-refractivity contribution in [3.8, 4) is 0 Å². The van der Waals surface area contributed by atoms with E-state index in [0.29, 0.717) is 6.54 Å². The van der Waals surface area contributed by atoms with E-state index >= 15 is 0 Å². The Balaban J connectivity index is 2.80. The highest BCUT2D eigenvalue weighted by molar-refractivity contribution is 5.93. The van der Waals surface area contributed by atoms with Crippen molar-refractivity contribution in [1.29, 1.82) is 0 Å². The van der Waals surface area contributed by atoms with Crippen molar-refractivity contribution in [3.05, 3.63) is 29.3 Å². The van der Waals surface area contributed by atoms with Gasteiger partial charge in [0.05, 0.1) is 5.92 Å². The van der Waals surface area contributed by atoms with Crippen molar-refractivity contribution in [2.24, 2.45) is 17.1 Å². The van der Waals surface area contributed by atoms with Gasteiger partial charge in [0, 0.05) is 12.2 Å². The lowest BCUT2D eigenvalue weighted by Gasteiger charge is -2.24. The number of amides is 1. The highest BCUT2D eigenvalue weighted by Crippen LogP contribution is 2.25. The summed E-state index contributed by atoms with van der Waals surface area (Å²) in [5, 5.41) is 3.01. The molecule has 19 heavy (non-hydrogen) atoms. The molecular formula is C16H26N2O. The second-order valence-corrected chi connectivity index (χ2v) is 6.43. The minimum atomic E-state index is -0.139. The lowest BCUT2D eigenvalue weighted by atomic mass is 9.84. The quantitative estimate of drug-likeness (QED) is 0.875. The van der Waals surface area contributed by atoms with Crippen LogP contribution in [0.4, 0.5) is 5.69 Å². The molecule has 106 valence electrons. The van der Waals surface area contributed by atoms with E-state index in [1.54, 1.807) is 0 Å². The first-order valence-corrected chi connectivity index (χ1v) is 6.82. The van der Waals surface area contributed by atoms with Crippen LogP contribution in [-0.4, -0.2) is 12.5 Å². The predicted molar refractivity (Wildman–Crippen MR) is 81.2 cm³/mol. The number of hydrogen-bond donors (Lipinski definition) is 2. The van der Waals surface area contributed by atoms with Gasteiger partial charge in [0.25, 0.3) is 0 Å². The zero-order valence-electron chi connectivity index (χ0n) is 12.7. The Morgan fingerprint density at radius 1 is 1.32 bits per heavy atom. The van der Waals surface area contributed by atoms with Gasteiger partial charge in [-0.3, -0.25) is 4.79 Å². The molecular weight excluding hydrogens is 236 g/mol. The largest absolute Gasteiger partial charge is 0.330 e. The Bertz CT molecular complexity index is 447. The lowest BCUT2D eigenvalue weighted by Crippen LogP contribution is -2.32. The number of anilines is 1. The summed E-state index contributed by atoms with van der Waals surface area (Å²) in [6, 6.07) is 5.94. The Kier molecular flexibility index (Phi) is 5.12. The Hall–Kier alpha value is -1.35. The van der Waals surface area contributed by atoms with Gasteiger partial charge in [0.2, 0.25) is 5.91 Å². The van der Waals surface area contributed by atoms with Crippen LogP contribution in [0.3, 0.4) is 0 Å². The molecule has 3 nitrogen and oxygen atoms in total. The maximum absolute atomic E-state index is 12.3. The van der Waals surface area contributed by atoms with E-state index in [1.165, 1.54) is 5.56 Å². The minimum absolute atomic E-state index is 0.0196. The van der Waals surface area contributed by atoms with E-state index in [9.17, 15) is 4.79 Å². The molecule has 0 radical (unpaired) electrons. The van der Waals surface area contributed by atoms with Crippen LogP contribution in [0.2, 0.25) is 0 Å². The van der Waals surface area contributed by atoms with Gasteiger partial charge in [-0.1, -0.05) is 32.9 Å². The normalized spacial score (nSPS) is 13.2. The maximum atomic E-state index is 12.3. The van der Waals surface area contributed by atoms with Crippen molar-refractivity contribution in [1.82, 2.24) is 0 Å². The van der Waals surface area contributed by atoms with Crippen LogP contribution in [0.25, 0.3) is 0 Å². The molecule has 1 amide bonds. The predicted octanol–water partition coefficient (Wildman–Crippen LogP) is 3.25. The summed E-state index contributed by atoms with van der Waals surface area (Å²) in [6.07, 6.45) is 0.792. The molecule has 0 saturated carbocycles.